The molecular formula is C13H17F4NO. The molecule has 0 saturated heterocycles. The van der Waals surface area contributed by atoms with Gasteiger partial charge in [-0.25, -0.2) is 4.39 Å². The maximum Gasteiger partial charge on any atom is 0.419 e. The monoisotopic (exact) mass is 279 g/mol. The third-order valence-electron chi connectivity index (χ3n) is 2.64. The number of hydrogen-bond acceptors (Lipinski definition) is 2. The Morgan fingerprint density at radius 1 is 1.26 bits per heavy atom. The van der Waals surface area contributed by atoms with E-state index in [1.165, 1.54) is 6.07 Å². The molecule has 2 nitrogen and oxygen atoms in total. The largest absolute Gasteiger partial charge is 0.419 e. The van der Waals surface area contributed by atoms with E-state index in [9.17, 15) is 17.6 Å². The molecule has 19 heavy (non-hydrogen) atoms. The molecule has 1 unspecified atom stereocenters. The van der Waals surface area contributed by atoms with Crippen LogP contribution in [0.5, 0.6) is 0 Å². The second kappa shape index (κ2) is 6.86. The van der Waals surface area contributed by atoms with Crippen LogP contribution in [0.2, 0.25) is 0 Å². The SMILES string of the molecule is CCNC(COCC)c1ccc(F)c(C(F)(F)F)c1. The van der Waals surface area contributed by atoms with Gasteiger partial charge in [-0.1, -0.05) is 13.0 Å². The highest BCUT2D eigenvalue weighted by Gasteiger charge is 2.34. The molecule has 0 saturated carbocycles. The number of rotatable bonds is 6. The summed E-state index contributed by atoms with van der Waals surface area (Å²) in [5.74, 6) is -1.26. The predicted octanol–water partition coefficient (Wildman–Crippen LogP) is 3.53. The molecule has 1 aromatic carbocycles. The second-order valence-electron chi connectivity index (χ2n) is 4.01. The van der Waals surface area contributed by atoms with Gasteiger partial charge in [0.1, 0.15) is 5.82 Å². The topological polar surface area (TPSA) is 21.3 Å². The summed E-state index contributed by atoms with van der Waals surface area (Å²) in [4.78, 5) is 0. The zero-order valence-electron chi connectivity index (χ0n) is 10.9. The predicted molar refractivity (Wildman–Crippen MR) is 64.3 cm³/mol. The van der Waals surface area contributed by atoms with Crippen molar-refractivity contribution < 1.29 is 22.3 Å². The Balaban J connectivity index is 3.03. The molecule has 1 N–H and O–H groups in total. The molecule has 0 radical (unpaired) electrons. The van der Waals surface area contributed by atoms with Crippen molar-refractivity contribution in [1.82, 2.24) is 5.32 Å². The minimum atomic E-state index is -4.69. The van der Waals surface area contributed by atoms with E-state index in [4.69, 9.17) is 4.74 Å². The number of halogens is 4. The number of likely N-dealkylation sites (N-methyl/N-ethyl adjacent to an activating group) is 1. The van der Waals surface area contributed by atoms with Gasteiger partial charge < -0.3 is 10.1 Å². The Labute approximate surface area is 109 Å². The normalized spacial score (nSPS) is 13.6. The van der Waals surface area contributed by atoms with Gasteiger partial charge >= 0.3 is 6.18 Å². The number of benzene rings is 1. The lowest BCUT2D eigenvalue weighted by molar-refractivity contribution is -0.140. The molecule has 0 aliphatic carbocycles. The van der Waals surface area contributed by atoms with E-state index in [0.717, 1.165) is 12.1 Å². The maximum absolute atomic E-state index is 13.2. The van der Waals surface area contributed by atoms with Crippen LogP contribution in [0, 0.1) is 5.82 Å². The first-order chi connectivity index (χ1) is 8.90. The number of ether oxygens (including phenoxy) is 1. The highest BCUT2D eigenvalue weighted by Crippen LogP contribution is 2.33. The maximum atomic E-state index is 13.2. The van der Waals surface area contributed by atoms with Crippen molar-refractivity contribution >= 4 is 0 Å². The van der Waals surface area contributed by atoms with Gasteiger partial charge in [-0.05, 0) is 31.2 Å². The van der Waals surface area contributed by atoms with Gasteiger partial charge in [0, 0.05) is 6.61 Å². The molecule has 0 spiro atoms. The van der Waals surface area contributed by atoms with E-state index in [2.05, 4.69) is 5.32 Å². The quantitative estimate of drug-likeness (QED) is 0.804. The van der Waals surface area contributed by atoms with Gasteiger partial charge in [-0.3, -0.25) is 0 Å². The van der Waals surface area contributed by atoms with Crippen LogP contribution in [0.1, 0.15) is 31.0 Å². The summed E-state index contributed by atoms with van der Waals surface area (Å²) in [6.07, 6.45) is -4.69. The van der Waals surface area contributed by atoms with Crippen LogP contribution < -0.4 is 5.32 Å². The molecule has 0 bridgehead atoms. The summed E-state index contributed by atoms with van der Waals surface area (Å²) in [5.41, 5.74) is -0.881. The van der Waals surface area contributed by atoms with Crippen LogP contribution in [-0.2, 0) is 10.9 Å². The molecule has 0 aromatic heterocycles. The third kappa shape index (κ3) is 4.47. The molecule has 0 fully saturated rings. The Morgan fingerprint density at radius 2 is 1.95 bits per heavy atom. The first-order valence-electron chi connectivity index (χ1n) is 6.07. The van der Waals surface area contributed by atoms with Crippen LogP contribution in [0.3, 0.4) is 0 Å². The second-order valence-corrected chi connectivity index (χ2v) is 4.01. The molecular weight excluding hydrogens is 262 g/mol. The van der Waals surface area contributed by atoms with Crippen molar-refractivity contribution in [1.29, 1.82) is 0 Å². The summed E-state index contributed by atoms with van der Waals surface area (Å²) >= 11 is 0. The van der Waals surface area contributed by atoms with Crippen molar-refractivity contribution in [3.63, 3.8) is 0 Å². The Kier molecular flexibility index (Phi) is 5.75. The summed E-state index contributed by atoms with van der Waals surface area (Å²) < 4.78 is 56.3. The minimum absolute atomic E-state index is 0.243. The lowest BCUT2D eigenvalue weighted by Gasteiger charge is -2.19. The first-order valence-corrected chi connectivity index (χ1v) is 6.07. The van der Waals surface area contributed by atoms with Crippen molar-refractivity contribution in [2.24, 2.45) is 0 Å². The smallest absolute Gasteiger partial charge is 0.380 e. The van der Waals surface area contributed by atoms with Crippen molar-refractivity contribution in [3.8, 4) is 0 Å². The van der Waals surface area contributed by atoms with Gasteiger partial charge in [0.15, 0.2) is 0 Å². The van der Waals surface area contributed by atoms with E-state index in [1.54, 1.807) is 6.92 Å². The zero-order valence-corrected chi connectivity index (χ0v) is 10.9. The van der Waals surface area contributed by atoms with E-state index in [-0.39, 0.29) is 12.6 Å². The Hall–Kier alpha value is -1.14. The molecule has 0 heterocycles. The molecule has 0 amide bonds. The molecule has 1 aromatic rings. The molecule has 1 atom stereocenters. The number of alkyl halides is 3. The first kappa shape index (κ1) is 15.9. The lowest BCUT2D eigenvalue weighted by atomic mass is 10.0. The van der Waals surface area contributed by atoms with E-state index < -0.39 is 17.6 Å². The summed E-state index contributed by atoms with van der Waals surface area (Å²) in [7, 11) is 0. The fourth-order valence-electron chi connectivity index (χ4n) is 1.73. The molecule has 0 aliphatic heterocycles. The van der Waals surface area contributed by atoms with Crippen LogP contribution >= 0.6 is 0 Å². The van der Waals surface area contributed by atoms with E-state index in [0.29, 0.717) is 18.7 Å². The Morgan fingerprint density at radius 3 is 2.47 bits per heavy atom. The molecule has 1 rings (SSSR count). The number of hydrogen-bond donors (Lipinski definition) is 1. The van der Waals surface area contributed by atoms with Crippen molar-refractivity contribution in [2.75, 3.05) is 19.8 Å². The van der Waals surface area contributed by atoms with Crippen molar-refractivity contribution in [3.05, 3.63) is 35.1 Å². The fourth-order valence-corrected chi connectivity index (χ4v) is 1.73. The molecule has 108 valence electrons. The van der Waals surface area contributed by atoms with Gasteiger partial charge in [0.25, 0.3) is 0 Å². The van der Waals surface area contributed by atoms with Crippen LogP contribution in [0.15, 0.2) is 18.2 Å². The third-order valence-corrected chi connectivity index (χ3v) is 2.64. The van der Waals surface area contributed by atoms with Gasteiger partial charge in [-0.15, -0.1) is 0 Å². The average Bonchev–Trinajstić information content (AvgIpc) is 2.34. The minimum Gasteiger partial charge on any atom is -0.380 e. The lowest BCUT2D eigenvalue weighted by Crippen LogP contribution is -2.26. The fraction of sp³-hybridized carbons (Fsp3) is 0.538. The standard InChI is InChI=1S/C13H17F4NO/c1-3-18-12(8-19-4-2)9-5-6-11(14)10(7-9)13(15,16)17/h5-7,12,18H,3-4,8H2,1-2H3. The van der Waals surface area contributed by atoms with Gasteiger partial charge in [0.2, 0.25) is 0 Å². The van der Waals surface area contributed by atoms with Crippen molar-refractivity contribution in [2.45, 2.75) is 26.1 Å². The summed E-state index contributed by atoms with van der Waals surface area (Å²) in [5, 5.41) is 3.02. The summed E-state index contributed by atoms with van der Waals surface area (Å²) in [6.45, 7) is 4.93. The highest BCUT2D eigenvalue weighted by atomic mass is 19.4. The Bertz CT molecular complexity index is 406. The zero-order chi connectivity index (χ0) is 14.5. The van der Waals surface area contributed by atoms with Crippen LogP contribution in [-0.4, -0.2) is 19.8 Å². The van der Waals surface area contributed by atoms with Gasteiger partial charge in [0.05, 0.1) is 18.2 Å². The number of nitrogens with one attached hydrogen (secondary N) is 1. The molecule has 6 heteroatoms. The van der Waals surface area contributed by atoms with E-state index in [1.807, 2.05) is 6.92 Å². The van der Waals surface area contributed by atoms with E-state index >= 15 is 0 Å². The van der Waals surface area contributed by atoms with Gasteiger partial charge in [-0.2, -0.15) is 13.2 Å². The van der Waals surface area contributed by atoms with Crippen LogP contribution in [0.4, 0.5) is 17.6 Å². The average molecular weight is 279 g/mol. The highest BCUT2D eigenvalue weighted by molar-refractivity contribution is 5.29. The van der Waals surface area contributed by atoms with Crippen LogP contribution in [0.25, 0.3) is 0 Å². The summed E-state index contributed by atoms with van der Waals surface area (Å²) in [6, 6.07) is 2.64. The molecule has 0 aliphatic rings.